The number of aryl methyl sites for hydroxylation is 1. The number of anilines is 2. The van der Waals surface area contributed by atoms with Crippen molar-refractivity contribution in [2.75, 3.05) is 5.32 Å². The lowest BCUT2D eigenvalue weighted by Gasteiger charge is -2.05. The van der Waals surface area contributed by atoms with Gasteiger partial charge in [-0.15, -0.1) is 0 Å². The molecule has 0 atom stereocenters. The lowest BCUT2D eigenvalue weighted by atomic mass is 10.2. The van der Waals surface area contributed by atoms with Gasteiger partial charge in [-0.1, -0.05) is 0 Å². The zero-order chi connectivity index (χ0) is 12.3. The Kier molecular flexibility index (Phi) is 3.54. The molecule has 0 amide bonds. The average Bonchev–Trinajstić information content (AvgIpc) is 2.35. The van der Waals surface area contributed by atoms with Gasteiger partial charge in [0.05, 0.1) is 20.9 Å². The molecule has 0 bridgehead atoms. The number of hydrogen-bond donors (Lipinski definition) is 1. The molecule has 1 aromatic carbocycles. The minimum Gasteiger partial charge on any atom is -0.324 e. The Morgan fingerprint density at radius 3 is 2.59 bits per heavy atom. The van der Waals surface area contributed by atoms with E-state index >= 15 is 0 Å². The van der Waals surface area contributed by atoms with E-state index in [4.69, 9.17) is 5.26 Å². The number of nitrogens with zero attached hydrogens (tertiary/aromatic N) is 3. The van der Waals surface area contributed by atoms with Crippen molar-refractivity contribution in [2.45, 2.75) is 6.92 Å². The second-order valence-electron chi connectivity index (χ2n) is 3.44. The molecule has 0 aliphatic carbocycles. The SMILES string of the molecule is Cc1nc(Nc2ccc(C#N)cc2)ncc1I. The molecule has 2 aromatic rings. The predicted octanol–water partition coefficient (Wildman–Crippen LogP) is 3.00. The summed E-state index contributed by atoms with van der Waals surface area (Å²) in [6.45, 7) is 1.94. The van der Waals surface area contributed by atoms with E-state index in [0.29, 0.717) is 11.5 Å². The predicted molar refractivity (Wildman–Crippen MR) is 73.9 cm³/mol. The molecule has 0 saturated heterocycles. The third kappa shape index (κ3) is 2.91. The maximum absolute atomic E-state index is 8.69. The summed E-state index contributed by atoms with van der Waals surface area (Å²) in [5.74, 6) is 0.563. The van der Waals surface area contributed by atoms with Gasteiger partial charge >= 0.3 is 0 Å². The van der Waals surface area contributed by atoms with Crippen LogP contribution in [-0.2, 0) is 0 Å². The third-order valence-corrected chi connectivity index (χ3v) is 3.25. The maximum Gasteiger partial charge on any atom is 0.227 e. The fraction of sp³-hybridized carbons (Fsp3) is 0.0833. The molecule has 84 valence electrons. The average molecular weight is 336 g/mol. The van der Waals surface area contributed by atoms with Crippen LogP contribution < -0.4 is 5.32 Å². The van der Waals surface area contributed by atoms with Crippen molar-refractivity contribution in [2.24, 2.45) is 0 Å². The molecule has 0 aliphatic rings. The smallest absolute Gasteiger partial charge is 0.227 e. The second kappa shape index (κ2) is 5.10. The highest BCUT2D eigenvalue weighted by Crippen LogP contribution is 2.15. The van der Waals surface area contributed by atoms with Gasteiger partial charge in [-0.3, -0.25) is 0 Å². The van der Waals surface area contributed by atoms with E-state index in [9.17, 15) is 0 Å². The van der Waals surface area contributed by atoms with Crippen molar-refractivity contribution >= 4 is 34.2 Å². The molecular formula is C12H9IN4. The molecule has 1 aromatic heterocycles. The van der Waals surface area contributed by atoms with Crippen molar-refractivity contribution in [3.05, 3.63) is 45.3 Å². The number of nitrogens with one attached hydrogen (secondary N) is 1. The minimum atomic E-state index is 0.563. The van der Waals surface area contributed by atoms with E-state index in [2.05, 4.69) is 43.9 Å². The van der Waals surface area contributed by atoms with Crippen LogP contribution in [-0.4, -0.2) is 9.97 Å². The second-order valence-corrected chi connectivity index (χ2v) is 4.60. The first-order chi connectivity index (χ1) is 8.19. The molecule has 4 nitrogen and oxygen atoms in total. The van der Waals surface area contributed by atoms with Crippen molar-refractivity contribution in [3.8, 4) is 6.07 Å². The lowest BCUT2D eigenvalue weighted by molar-refractivity contribution is 1.09. The summed E-state index contributed by atoms with van der Waals surface area (Å²) in [5.41, 5.74) is 2.44. The van der Waals surface area contributed by atoms with Crippen LogP contribution >= 0.6 is 22.6 Å². The minimum absolute atomic E-state index is 0.563. The van der Waals surface area contributed by atoms with Crippen molar-refractivity contribution in [1.29, 1.82) is 5.26 Å². The molecule has 2 rings (SSSR count). The Labute approximate surface area is 113 Å². The van der Waals surface area contributed by atoms with Gasteiger partial charge < -0.3 is 5.32 Å². The number of benzene rings is 1. The van der Waals surface area contributed by atoms with Crippen LogP contribution in [0.15, 0.2) is 30.5 Å². The molecular weight excluding hydrogens is 327 g/mol. The molecule has 1 N–H and O–H groups in total. The highest BCUT2D eigenvalue weighted by molar-refractivity contribution is 14.1. The molecule has 0 unspecified atom stereocenters. The van der Waals surface area contributed by atoms with Crippen LogP contribution in [0.2, 0.25) is 0 Å². The molecule has 17 heavy (non-hydrogen) atoms. The molecule has 0 radical (unpaired) electrons. The quantitative estimate of drug-likeness (QED) is 0.857. The van der Waals surface area contributed by atoms with Crippen LogP contribution in [0.3, 0.4) is 0 Å². The van der Waals surface area contributed by atoms with Gasteiger partial charge in [-0.2, -0.15) is 5.26 Å². The van der Waals surface area contributed by atoms with E-state index < -0.39 is 0 Å². The summed E-state index contributed by atoms with van der Waals surface area (Å²) >= 11 is 2.19. The van der Waals surface area contributed by atoms with Crippen molar-refractivity contribution < 1.29 is 0 Å². The lowest BCUT2D eigenvalue weighted by Crippen LogP contribution is -1.99. The maximum atomic E-state index is 8.69. The fourth-order valence-electron chi connectivity index (χ4n) is 1.27. The van der Waals surface area contributed by atoms with Gasteiger partial charge in [0.1, 0.15) is 0 Å². The zero-order valence-corrected chi connectivity index (χ0v) is 11.3. The van der Waals surface area contributed by atoms with E-state index in [1.807, 2.05) is 19.1 Å². The van der Waals surface area contributed by atoms with Gasteiger partial charge in [0.25, 0.3) is 0 Å². The Balaban J connectivity index is 2.20. The molecule has 5 heteroatoms. The first-order valence-corrected chi connectivity index (χ1v) is 6.03. The van der Waals surface area contributed by atoms with Crippen LogP contribution in [0.5, 0.6) is 0 Å². The topological polar surface area (TPSA) is 61.6 Å². The number of aromatic nitrogens is 2. The zero-order valence-electron chi connectivity index (χ0n) is 9.11. The largest absolute Gasteiger partial charge is 0.324 e. The summed E-state index contributed by atoms with van der Waals surface area (Å²) in [6.07, 6.45) is 1.77. The van der Waals surface area contributed by atoms with Gasteiger partial charge in [0.15, 0.2) is 0 Å². The summed E-state index contributed by atoms with van der Waals surface area (Å²) in [5, 5.41) is 11.8. The third-order valence-electron chi connectivity index (χ3n) is 2.19. The summed E-state index contributed by atoms with van der Waals surface area (Å²) < 4.78 is 1.04. The van der Waals surface area contributed by atoms with Crippen LogP contribution in [0.4, 0.5) is 11.6 Å². The highest BCUT2D eigenvalue weighted by Gasteiger charge is 2.01. The monoisotopic (exact) mass is 336 g/mol. The van der Waals surface area contributed by atoms with Gasteiger partial charge in [0, 0.05) is 11.9 Å². The van der Waals surface area contributed by atoms with Crippen molar-refractivity contribution in [1.82, 2.24) is 9.97 Å². The normalized spacial score (nSPS) is 9.71. The highest BCUT2D eigenvalue weighted by atomic mass is 127. The van der Waals surface area contributed by atoms with Gasteiger partial charge in [-0.05, 0) is 53.8 Å². The number of halogens is 1. The standard InChI is InChI=1S/C12H9IN4/c1-8-11(13)7-15-12(16-8)17-10-4-2-9(6-14)3-5-10/h2-5,7H,1H3,(H,15,16,17). The van der Waals surface area contributed by atoms with E-state index in [0.717, 1.165) is 15.0 Å². The first kappa shape index (κ1) is 11.8. The number of nitriles is 1. The van der Waals surface area contributed by atoms with E-state index in [-0.39, 0.29) is 0 Å². The van der Waals surface area contributed by atoms with Crippen molar-refractivity contribution in [3.63, 3.8) is 0 Å². The Morgan fingerprint density at radius 2 is 2.00 bits per heavy atom. The molecule has 0 aliphatic heterocycles. The van der Waals surface area contributed by atoms with Crippen LogP contribution in [0.25, 0.3) is 0 Å². The summed E-state index contributed by atoms with van der Waals surface area (Å²) in [4.78, 5) is 8.50. The fourth-order valence-corrected chi connectivity index (χ4v) is 1.53. The van der Waals surface area contributed by atoms with Crippen LogP contribution in [0.1, 0.15) is 11.3 Å². The van der Waals surface area contributed by atoms with Crippen LogP contribution in [0, 0.1) is 21.8 Å². The Morgan fingerprint density at radius 1 is 1.29 bits per heavy atom. The molecule has 0 fully saturated rings. The molecule has 0 spiro atoms. The van der Waals surface area contributed by atoms with Gasteiger partial charge in [-0.25, -0.2) is 9.97 Å². The molecule has 1 heterocycles. The summed E-state index contributed by atoms with van der Waals surface area (Å²) in [7, 11) is 0. The number of hydrogen-bond acceptors (Lipinski definition) is 4. The first-order valence-electron chi connectivity index (χ1n) is 4.95. The van der Waals surface area contributed by atoms with E-state index in [1.54, 1.807) is 18.3 Å². The number of rotatable bonds is 2. The van der Waals surface area contributed by atoms with Gasteiger partial charge in [0.2, 0.25) is 5.95 Å². The Bertz CT molecular complexity index is 572. The molecule has 0 saturated carbocycles. The summed E-state index contributed by atoms with van der Waals surface area (Å²) in [6, 6.07) is 9.24. The Hall–Kier alpha value is -1.68. The van der Waals surface area contributed by atoms with E-state index in [1.165, 1.54) is 0 Å².